The predicted molar refractivity (Wildman–Crippen MR) is 73.3 cm³/mol. The van der Waals surface area contributed by atoms with Gasteiger partial charge in [-0.3, -0.25) is 0 Å². The first kappa shape index (κ1) is 15.4. The first-order chi connectivity index (χ1) is 8.50. The largest absolute Gasteiger partial charge is 0.381 e. The number of nitriles is 1. The first-order valence-corrected chi connectivity index (χ1v) is 6.89. The van der Waals surface area contributed by atoms with Crippen LogP contribution in [0.15, 0.2) is 0 Å². The quantitative estimate of drug-likeness (QED) is 0.781. The van der Waals surface area contributed by atoms with E-state index in [4.69, 9.17) is 4.74 Å². The van der Waals surface area contributed by atoms with E-state index in [1.165, 1.54) is 12.8 Å². The van der Waals surface area contributed by atoms with Crippen LogP contribution in [0, 0.1) is 17.2 Å². The molecule has 2 unspecified atom stereocenters. The highest BCUT2D eigenvalue weighted by molar-refractivity contribution is 5.04. The third kappa shape index (κ3) is 4.56. The third-order valence-electron chi connectivity index (χ3n) is 4.14. The summed E-state index contributed by atoms with van der Waals surface area (Å²) in [4.78, 5) is 2.38. The second-order valence-electron chi connectivity index (χ2n) is 5.74. The Hall–Kier alpha value is -0.630. The normalized spacial score (nSPS) is 22.4. The van der Waals surface area contributed by atoms with Gasteiger partial charge in [0, 0.05) is 25.8 Å². The van der Waals surface area contributed by atoms with E-state index in [9.17, 15) is 5.26 Å². The molecule has 0 amide bonds. The van der Waals surface area contributed by atoms with Crippen LogP contribution in [0.5, 0.6) is 0 Å². The lowest BCUT2D eigenvalue weighted by atomic mass is 9.93. The molecule has 4 heteroatoms. The van der Waals surface area contributed by atoms with Crippen molar-refractivity contribution in [1.29, 1.82) is 5.26 Å². The van der Waals surface area contributed by atoms with Gasteiger partial charge in [-0.1, -0.05) is 0 Å². The summed E-state index contributed by atoms with van der Waals surface area (Å²) in [5.41, 5.74) is -0.427. The molecule has 1 N–H and O–H groups in total. The molecule has 0 bridgehead atoms. The summed E-state index contributed by atoms with van der Waals surface area (Å²) in [5, 5.41) is 12.3. The summed E-state index contributed by atoms with van der Waals surface area (Å²) < 4.78 is 5.39. The van der Waals surface area contributed by atoms with E-state index in [2.05, 4.69) is 30.3 Å². The fourth-order valence-electron chi connectivity index (χ4n) is 2.47. The van der Waals surface area contributed by atoms with Crippen molar-refractivity contribution in [3.63, 3.8) is 0 Å². The highest BCUT2D eigenvalue weighted by atomic mass is 16.5. The summed E-state index contributed by atoms with van der Waals surface area (Å²) in [7, 11) is 4.02. The molecule has 1 aliphatic heterocycles. The van der Waals surface area contributed by atoms with E-state index >= 15 is 0 Å². The predicted octanol–water partition coefficient (Wildman–Crippen LogP) is 1.63. The fraction of sp³-hybridized carbons (Fsp3) is 0.929. The Labute approximate surface area is 111 Å². The van der Waals surface area contributed by atoms with Crippen LogP contribution in [0.1, 0.15) is 33.1 Å². The molecular formula is C14H27N3O. The molecule has 0 aromatic carbocycles. The maximum absolute atomic E-state index is 9.19. The Bertz CT molecular complexity index is 283. The molecule has 4 nitrogen and oxygen atoms in total. The van der Waals surface area contributed by atoms with Gasteiger partial charge in [-0.15, -0.1) is 0 Å². The monoisotopic (exact) mass is 253 g/mol. The van der Waals surface area contributed by atoms with E-state index < -0.39 is 5.54 Å². The number of nitrogens with zero attached hydrogens (tertiary/aromatic N) is 2. The summed E-state index contributed by atoms with van der Waals surface area (Å²) in [6.45, 7) is 7.08. The van der Waals surface area contributed by atoms with Crippen LogP contribution >= 0.6 is 0 Å². The lowest BCUT2D eigenvalue weighted by Gasteiger charge is -2.34. The molecule has 0 aromatic rings. The summed E-state index contributed by atoms with van der Waals surface area (Å²) in [5.74, 6) is 0.745. The summed E-state index contributed by atoms with van der Waals surface area (Å²) >= 11 is 0. The zero-order valence-corrected chi connectivity index (χ0v) is 12.2. The SMILES string of the molecule is CNC(C)(C#N)CC(C)N(C)CC1CCOCC1. The molecular weight excluding hydrogens is 226 g/mol. The third-order valence-corrected chi connectivity index (χ3v) is 4.14. The van der Waals surface area contributed by atoms with E-state index in [-0.39, 0.29) is 0 Å². The van der Waals surface area contributed by atoms with E-state index in [0.29, 0.717) is 6.04 Å². The average molecular weight is 253 g/mol. The molecule has 0 aromatic heterocycles. The number of nitrogens with one attached hydrogen (secondary N) is 1. The Kier molecular flexibility index (Phi) is 6.07. The van der Waals surface area contributed by atoms with Crippen molar-refractivity contribution >= 4 is 0 Å². The van der Waals surface area contributed by atoms with Crippen LogP contribution in [0.4, 0.5) is 0 Å². The van der Waals surface area contributed by atoms with Crippen LogP contribution in [0.25, 0.3) is 0 Å². The maximum atomic E-state index is 9.19. The second-order valence-corrected chi connectivity index (χ2v) is 5.74. The van der Waals surface area contributed by atoms with Crippen molar-refractivity contribution in [2.45, 2.75) is 44.7 Å². The molecule has 1 saturated heterocycles. The molecule has 1 heterocycles. The summed E-state index contributed by atoms with van der Waals surface area (Å²) in [6, 6.07) is 2.77. The standard InChI is InChI=1S/C14H27N3O/c1-12(9-14(2,11-15)16-3)17(4)10-13-5-7-18-8-6-13/h12-13,16H,5-10H2,1-4H3. The van der Waals surface area contributed by atoms with E-state index in [0.717, 1.165) is 32.1 Å². The Balaban J connectivity index is 2.40. The van der Waals surface area contributed by atoms with Crippen LogP contribution < -0.4 is 5.32 Å². The number of hydrogen-bond donors (Lipinski definition) is 1. The van der Waals surface area contributed by atoms with Gasteiger partial charge < -0.3 is 15.0 Å². The molecule has 2 atom stereocenters. The van der Waals surface area contributed by atoms with Crippen LogP contribution in [-0.2, 0) is 4.74 Å². The van der Waals surface area contributed by atoms with Crippen LogP contribution in [0.2, 0.25) is 0 Å². The topological polar surface area (TPSA) is 48.3 Å². The van der Waals surface area contributed by atoms with Gasteiger partial charge in [-0.25, -0.2) is 0 Å². The van der Waals surface area contributed by atoms with Crippen LogP contribution in [0.3, 0.4) is 0 Å². The van der Waals surface area contributed by atoms with Crippen molar-refractivity contribution in [3.8, 4) is 6.07 Å². The number of hydrogen-bond acceptors (Lipinski definition) is 4. The zero-order valence-electron chi connectivity index (χ0n) is 12.2. The van der Waals surface area contributed by atoms with Crippen molar-refractivity contribution < 1.29 is 4.74 Å². The maximum Gasteiger partial charge on any atom is 0.105 e. The number of rotatable bonds is 6. The number of ether oxygens (including phenoxy) is 1. The second kappa shape index (κ2) is 7.08. The Morgan fingerprint density at radius 2 is 2.11 bits per heavy atom. The van der Waals surface area contributed by atoms with Gasteiger partial charge in [0.25, 0.3) is 0 Å². The highest BCUT2D eigenvalue weighted by Gasteiger charge is 2.27. The van der Waals surface area contributed by atoms with Gasteiger partial charge in [-0.05, 0) is 53.1 Å². The van der Waals surface area contributed by atoms with Gasteiger partial charge in [-0.2, -0.15) is 5.26 Å². The molecule has 1 rings (SSSR count). The van der Waals surface area contributed by atoms with Crippen molar-refractivity contribution in [1.82, 2.24) is 10.2 Å². The van der Waals surface area contributed by atoms with Gasteiger partial charge in [0.2, 0.25) is 0 Å². The molecule has 18 heavy (non-hydrogen) atoms. The van der Waals surface area contributed by atoms with Gasteiger partial charge >= 0.3 is 0 Å². The van der Waals surface area contributed by atoms with Gasteiger partial charge in [0.15, 0.2) is 0 Å². The molecule has 0 saturated carbocycles. The smallest absolute Gasteiger partial charge is 0.105 e. The minimum absolute atomic E-state index is 0.407. The minimum atomic E-state index is -0.427. The summed E-state index contributed by atoms with van der Waals surface area (Å²) in [6.07, 6.45) is 3.18. The van der Waals surface area contributed by atoms with Crippen molar-refractivity contribution in [2.24, 2.45) is 5.92 Å². The fourth-order valence-corrected chi connectivity index (χ4v) is 2.47. The lowest BCUT2D eigenvalue weighted by molar-refractivity contribution is 0.0497. The van der Waals surface area contributed by atoms with Crippen LogP contribution in [-0.4, -0.2) is 50.3 Å². The average Bonchev–Trinajstić information content (AvgIpc) is 2.39. The van der Waals surface area contributed by atoms with E-state index in [1.54, 1.807) is 0 Å². The molecule has 0 radical (unpaired) electrons. The Morgan fingerprint density at radius 3 is 2.61 bits per heavy atom. The van der Waals surface area contributed by atoms with Crippen molar-refractivity contribution in [3.05, 3.63) is 0 Å². The molecule has 0 aliphatic carbocycles. The molecule has 1 aliphatic rings. The first-order valence-electron chi connectivity index (χ1n) is 6.89. The molecule has 104 valence electrons. The minimum Gasteiger partial charge on any atom is -0.381 e. The zero-order chi connectivity index (χ0) is 13.6. The Morgan fingerprint density at radius 1 is 1.50 bits per heavy atom. The van der Waals surface area contributed by atoms with Gasteiger partial charge in [0.05, 0.1) is 6.07 Å². The van der Waals surface area contributed by atoms with Crippen molar-refractivity contribution in [2.75, 3.05) is 33.9 Å². The van der Waals surface area contributed by atoms with Gasteiger partial charge in [0.1, 0.15) is 5.54 Å². The lowest BCUT2D eigenvalue weighted by Crippen LogP contribution is -2.45. The highest BCUT2D eigenvalue weighted by Crippen LogP contribution is 2.19. The molecule has 1 fully saturated rings. The van der Waals surface area contributed by atoms with E-state index in [1.807, 2.05) is 14.0 Å². The molecule has 0 spiro atoms.